The van der Waals surface area contributed by atoms with Crippen molar-refractivity contribution < 1.29 is 22.7 Å². The second kappa shape index (κ2) is 8.53. The SMILES string of the molecule is CN(Cc1ccc2c(c1)OCO2)C(=O)c1cccc(S(=O)(=O)N2CCc3ccccc3C2)c1. The highest BCUT2D eigenvalue weighted by Gasteiger charge is 2.29. The molecule has 7 nitrogen and oxygen atoms in total. The van der Waals surface area contributed by atoms with Crippen LogP contribution in [0.5, 0.6) is 11.5 Å². The zero-order valence-corrected chi connectivity index (χ0v) is 19.0. The number of fused-ring (bicyclic) bond motifs is 2. The first-order valence-corrected chi connectivity index (χ1v) is 12.2. The van der Waals surface area contributed by atoms with E-state index in [0.29, 0.717) is 43.1 Å². The predicted molar refractivity (Wildman–Crippen MR) is 123 cm³/mol. The topological polar surface area (TPSA) is 76.1 Å². The van der Waals surface area contributed by atoms with E-state index in [2.05, 4.69) is 0 Å². The Bertz CT molecular complexity index is 1320. The number of hydrogen-bond acceptors (Lipinski definition) is 5. The summed E-state index contributed by atoms with van der Waals surface area (Å²) in [6.45, 7) is 1.30. The Balaban J connectivity index is 1.33. The van der Waals surface area contributed by atoms with Gasteiger partial charge in [0, 0.05) is 32.2 Å². The number of amides is 1. The molecule has 0 radical (unpaired) electrons. The molecule has 0 spiro atoms. The van der Waals surface area contributed by atoms with Crippen molar-refractivity contribution in [3.05, 3.63) is 89.0 Å². The lowest BCUT2D eigenvalue weighted by molar-refractivity contribution is 0.0784. The average Bonchev–Trinajstić information content (AvgIpc) is 3.31. The summed E-state index contributed by atoms with van der Waals surface area (Å²) in [5.41, 5.74) is 3.42. The smallest absolute Gasteiger partial charge is 0.253 e. The Morgan fingerprint density at radius 3 is 2.61 bits per heavy atom. The van der Waals surface area contributed by atoms with Gasteiger partial charge in [0.05, 0.1) is 4.90 Å². The van der Waals surface area contributed by atoms with E-state index >= 15 is 0 Å². The van der Waals surface area contributed by atoms with Gasteiger partial charge in [-0.25, -0.2) is 8.42 Å². The van der Waals surface area contributed by atoms with E-state index in [-0.39, 0.29) is 17.6 Å². The second-order valence-corrected chi connectivity index (χ2v) is 10.2. The van der Waals surface area contributed by atoms with Crippen molar-refractivity contribution in [1.29, 1.82) is 0 Å². The van der Waals surface area contributed by atoms with E-state index in [4.69, 9.17) is 9.47 Å². The number of benzene rings is 3. The molecule has 2 aliphatic heterocycles. The maximum absolute atomic E-state index is 13.3. The van der Waals surface area contributed by atoms with Gasteiger partial charge in [0.15, 0.2) is 11.5 Å². The highest BCUT2D eigenvalue weighted by Crippen LogP contribution is 2.33. The number of ether oxygens (including phenoxy) is 2. The molecule has 0 bridgehead atoms. The van der Waals surface area contributed by atoms with Crippen LogP contribution < -0.4 is 9.47 Å². The molecular formula is C25H24N2O5S. The molecule has 1 amide bonds. The first-order chi connectivity index (χ1) is 15.9. The van der Waals surface area contributed by atoms with Gasteiger partial charge in [-0.2, -0.15) is 4.31 Å². The zero-order chi connectivity index (χ0) is 23.0. The lowest BCUT2D eigenvalue weighted by Crippen LogP contribution is -2.36. The molecule has 8 heteroatoms. The van der Waals surface area contributed by atoms with Gasteiger partial charge in [-0.1, -0.05) is 36.4 Å². The summed E-state index contributed by atoms with van der Waals surface area (Å²) in [4.78, 5) is 14.7. The van der Waals surface area contributed by atoms with E-state index < -0.39 is 10.0 Å². The van der Waals surface area contributed by atoms with E-state index in [1.165, 1.54) is 15.9 Å². The highest BCUT2D eigenvalue weighted by atomic mass is 32.2. The summed E-state index contributed by atoms with van der Waals surface area (Å²) in [6, 6.07) is 19.7. The Morgan fingerprint density at radius 1 is 0.970 bits per heavy atom. The Kier molecular flexibility index (Phi) is 5.55. The minimum Gasteiger partial charge on any atom is -0.454 e. The number of carbonyl (C=O) groups excluding carboxylic acids is 1. The molecule has 0 atom stereocenters. The van der Waals surface area contributed by atoms with Crippen LogP contribution in [0, 0.1) is 0 Å². The molecule has 3 aromatic rings. The van der Waals surface area contributed by atoms with Crippen LogP contribution in [0.25, 0.3) is 0 Å². The van der Waals surface area contributed by atoms with Crippen LogP contribution in [0.15, 0.2) is 71.6 Å². The molecule has 0 fully saturated rings. The predicted octanol–water partition coefficient (Wildman–Crippen LogP) is 3.43. The van der Waals surface area contributed by atoms with Gasteiger partial charge in [0.25, 0.3) is 5.91 Å². The summed E-state index contributed by atoms with van der Waals surface area (Å²) in [5, 5.41) is 0. The molecule has 0 saturated heterocycles. The van der Waals surface area contributed by atoms with Crippen LogP contribution in [0.1, 0.15) is 27.0 Å². The largest absolute Gasteiger partial charge is 0.454 e. The summed E-state index contributed by atoms with van der Waals surface area (Å²) in [7, 11) is -2.03. The number of carbonyl (C=O) groups is 1. The van der Waals surface area contributed by atoms with Gasteiger partial charge in [0.1, 0.15) is 0 Å². The van der Waals surface area contributed by atoms with Crippen LogP contribution in [0.2, 0.25) is 0 Å². The minimum absolute atomic E-state index is 0.129. The molecule has 33 heavy (non-hydrogen) atoms. The van der Waals surface area contributed by atoms with Crippen molar-refractivity contribution in [2.45, 2.75) is 24.4 Å². The molecule has 0 saturated carbocycles. The number of rotatable bonds is 5. The second-order valence-electron chi connectivity index (χ2n) is 8.23. The van der Waals surface area contributed by atoms with Crippen molar-refractivity contribution in [2.24, 2.45) is 0 Å². The maximum atomic E-state index is 13.3. The quantitative estimate of drug-likeness (QED) is 0.578. The molecule has 0 aliphatic carbocycles. The van der Waals surface area contributed by atoms with Crippen molar-refractivity contribution in [3.8, 4) is 11.5 Å². The maximum Gasteiger partial charge on any atom is 0.253 e. The van der Waals surface area contributed by atoms with E-state index in [1.807, 2.05) is 42.5 Å². The fraction of sp³-hybridized carbons (Fsp3) is 0.240. The molecule has 3 aromatic carbocycles. The first-order valence-electron chi connectivity index (χ1n) is 10.7. The molecular weight excluding hydrogens is 440 g/mol. The number of hydrogen-bond donors (Lipinski definition) is 0. The number of sulfonamides is 1. The van der Waals surface area contributed by atoms with Crippen LogP contribution in [-0.4, -0.2) is 43.9 Å². The van der Waals surface area contributed by atoms with Crippen molar-refractivity contribution in [1.82, 2.24) is 9.21 Å². The van der Waals surface area contributed by atoms with E-state index in [9.17, 15) is 13.2 Å². The van der Waals surface area contributed by atoms with Gasteiger partial charge in [-0.05, 0) is 53.4 Å². The van der Waals surface area contributed by atoms with Crippen LogP contribution in [0.3, 0.4) is 0 Å². The Labute approximate surface area is 193 Å². The van der Waals surface area contributed by atoms with Crippen molar-refractivity contribution in [3.63, 3.8) is 0 Å². The lowest BCUT2D eigenvalue weighted by atomic mass is 10.0. The van der Waals surface area contributed by atoms with Gasteiger partial charge < -0.3 is 14.4 Å². The van der Waals surface area contributed by atoms with Gasteiger partial charge in [-0.3, -0.25) is 4.79 Å². The average molecular weight is 465 g/mol. The van der Waals surface area contributed by atoms with Crippen molar-refractivity contribution >= 4 is 15.9 Å². The van der Waals surface area contributed by atoms with Crippen LogP contribution in [-0.2, 0) is 29.5 Å². The van der Waals surface area contributed by atoms with Gasteiger partial charge >= 0.3 is 0 Å². The molecule has 5 rings (SSSR count). The standard InChI is InChI=1S/C25H24N2O5S/c1-26(15-18-9-10-23-24(13-18)32-17-31-23)25(28)20-7-4-8-22(14-20)33(29,30)27-12-11-19-5-2-3-6-21(19)16-27/h2-10,13-14H,11-12,15-17H2,1H3. The summed E-state index contributed by atoms with van der Waals surface area (Å²) < 4.78 is 38.8. The number of nitrogens with zero attached hydrogens (tertiary/aromatic N) is 2. The Morgan fingerprint density at radius 2 is 1.76 bits per heavy atom. The van der Waals surface area contributed by atoms with Gasteiger partial charge in [0.2, 0.25) is 16.8 Å². The highest BCUT2D eigenvalue weighted by molar-refractivity contribution is 7.89. The van der Waals surface area contributed by atoms with Gasteiger partial charge in [-0.15, -0.1) is 0 Å². The minimum atomic E-state index is -3.72. The zero-order valence-electron chi connectivity index (χ0n) is 18.2. The fourth-order valence-electron chi connectivity index (χ4n) is 4.22. The lowest BCUT2D eigenvalue weighted by Gasteiger charge is -2.28. The summed E-state index contributed by atoms with van der Waals surface area (Å²) >= 11 is 0. The molecule has 0 aromatic heterocycles. The van der Waals surface area contributed by atoms with E-state index in [1.54, 1.807) is 30.1 Å². The summed E-state index contributed by atoms with van der Waals surface area (Å²) in [6.07, 6.45) is 0.673. The third kappa shape index (κ3) is 4.19. The molecule has 0 unspecified atom stereocenters. The molecule has 0 N–H and O–H groups in total. The molecule has 170 valence electrons. The van der Waals surface area contributed by atoms with E-state index in [0.717, 1.165) is 11.1 Å². The third-order valence-corrected chi connectivity index (χ3v) is 7.86. The third-order valence-electron chi connectivity index (χ3n) is 6.02. The monoisotopic (exact) mass is 464 g/mol. The molecule has 2 heterocycles. The van der Waals surface area contributed by atoms with Crippen LogP contribution in [0.4, 0.5) is 0 Å². The Hall–Kier alpha value is -3.36. The van der Waals surface area contributed by atoms with Crippen LogP contribution >= 0.6 is 0 Å². The fourth-order valence-corrected chi connectivity index (χ4v) is 5.68. The summed E-state index contributed by atoms with van der Waals surface area (Å²) in [5.74, 6) is 1.09. The normalized spacial score (nSPS) is 15.2. The molecule has 2 aliphatic rings. The first kappa shape index (κ1) is 21.5. The van der Waals surface area contributed by atoms with Crippen molar-refractivity contribution in [2.75, 3.05) is 20.4 Å².